The van der Waals surface area contributed by atoms with Crippen molar-refractivity contribution in [2.45, 2.75) is 0 Å². The van der Waals surface area contributed by atoms with E-state index in [4.69, 9.17) is 23.2 Å². The lowest BCUT2D eigenvalue weighted by Crippen LogP contribution is -1.92. The van der Waals surface area contributed by atoms with Crippen molar-refractivity contribution >= 4 is 45.0 Å². The van der Waals surface area contributed by atoms with Crippen LogP contribution < -0.4 is 0 Å². The molecule has 2 heterocycles. The second-order valence-electron chi connectivity index (χ2n) is 4.74. The van der Waals surface area contributed by atoms with Gasteiger partial charge in [-0.15, -0.1) is 0 Å². The number of pyridine rings is 1. The number of aromatic nitrogens is 3. The van der Waals surface area contributed by atoms with Gasteiger partial charge in [-0.2, -0.15) is 5.10 Å². The lowest BCUT2D eigenvalue weighted by Gasteiger charge is -2.00. The predicted octanol–water partition coefficient (Wildman–Crippen LogP) is 4.88. The first-order valence-corrected chi connectivity index (χ1v) is 7.17. The molecule has 5 heteroatoms. The first-order chi connectivity index (χ1) is 10.2. The fraction of sp³-hybridized carbons (Fsp3) is 0. The number of rotatable bonds is 1. The minimum absolute atomic E-state index is 0.398. The highest BCUT2D eigenvalue weighted by Crippen LogP contribution is 2.30. The molecule has 2 aromatic heterocycles. The van der Waals surface area contributed by atoms with E-state index < -0.39 is 0 Å². The van der Waals surface area contributed by atoms with Crippen LogP contribution in [0.15, 0.2) is 54.7 Å². The van der Waals surface area contributed by atoms with E-state index in [2.05, 4.69) is 10.1 Å². The Bertz CT molecular complexity index is 962. The van der Waals surface area contributed by atoms with Gasteiger partial charge in [-0.05, 0) is 30.3 Å². The third-order valence-electron chi connectivity index (χ3n) is 3.40. The van der Waals surface area contributed by atoms with E-state index in [0.29, 0.717) is 15.7 Å². The van der Waals surface area contributed by atoms with Crippen molar-refractivity contribution in [2.75, 3.05) is 0 Å². The van der Waals surface area contributed by atoms with Crippen LogP contribution in [0.3, 0.4) is 0 Å². The minimum Gasteiger partial charge on any atom is -0.240 e. The van der Waals surface area contributed by atoms with Crippen molar-refractivity contribution in [3.05, 3.63) is 64.9 Å². The van der Waals surface area contributed by atoms with Crippen molar-refractivity contribution in [3.8, 4) is 5.69 Å². The van der Waals surface area contributed by atoms with Crippen LogP contribution in [0.5, 0.6) is 0 Å². The maximum Gasteiger partial charge on any atom is 0.157 e. The molecule has 0 aliphatic rings. The highest BCUT2D eigenvalue weighted by atomic mass is 35.5. The second-order valence-corrected chi connectivity index (χ2v) is 5.53. The van der Waals surface area contributed by atoms with Gasteiger partial charge in [-0.25, -0.2) is 9.67 Å². The van der Waals surface area contributed by atoms with Crippen molar-refractivity contribution in [3.63, 3.8) is 0 Å². The van der Waals surface area contributed by atoms with Crippen LogP contribution in [0.1, 0.15) is 0 Å². The van der Waals surface area contributed by atoms with Crippen LogP contribution in [0.2, 0.25) is 10.2 Å². The monoisotopic (exact) mass is 313 g/mol. The molecule has 0 amide bonds. The molecule has 0 bridgehead atoms. The van der Waals surface area contributed by atoms with Gasteiger partial charge in [0.2, 0.25) is 0 Å². The Morgan fingerprint density at radius 3 is 2.52 bits per heavy atom. The van der Waals surface area contributed by atoms with Crippen molar-refractivity contribution < 1.29 is 0 Å². The van der Waals surface area contributed by atoms with Gasteiger partial charge in [0.1, 0.15) is 5.52 Å². The summed E-state index contributed by atoms with van der Waals surface area (Å²) in [7, 11) is 0. The molecule has 0 saturated carbocycles. The summed E-state index contributed by atoms with van der Waals surface area (Å²) in [5.41, 5.74) is 2.46. The predicted molar refractivity (Wildman–Crippen MR) is 86.4 cm³/mol. The number of fused-ring (bicyclic) bond motifs is 3. The molecule has 4 aromatic rings. The van der Waals surface area contributed by atoms with Gasteiger partial charge < -0.3 is 0 Å². The highest BCUT2D eigenvalue weighted by molar-refractivity contribution is 6.36. The zero-order valence-electron chi connectivity index (χ0n) is 10.8. The molecule has 102 valence electrons. The fourth-order valence-corrected chi connectivity index (χ4v) is 2.82. The first kappa shape index (κ1) is 12.6. The van der Waals surface area contributed by atoms with Gasteiger partial charge in [0, 0.05) is 22.0 Å². The molecule has 0 radical (unpaired) electrons. The second kappa shape index (κ2) is 4.72. The quantitative estimate of drug-likeness (QED) is 0.469. The zero-order chi connectivity index (χ0) is 14.4. The Hall–Kier alpha value is -2.10. The van der Waals surface area contributed by atoms with Crippen LogP contribution in [0.25, 0.3) is 27.5 Å². The minimum atomic E-state index is 0.398. The largest absolute Gasteiger partial charge is 0.240 e. The topological polar surface area (TPSA) is 30.7 Å². The molecular formula is C16H9Cl2N3. The molecule has 0 N–H and O–H groups in total. The number of nitrogens with zero attached hydrogens (tertiary/aromatic N) is 3. The summed E-state index contributed by atoms with van der Waals surface area (Å²) < 4.78 is 1.80. The summed E-state index contributed by atoms with van der Waals surface area (Å²) >= 11 is 12.4. The van der Waals surface area contributed by atoms with E-state index in [-0.39, 0.29) is 0 Å². The van der Waals surface area contributed by atoms with Gasteiger partial charge in [0.05, 0.1) is 11.2 Å². The van der Waals surface area contributed by atoms with Crippen molar-refractivity contribution in [1.82, 2.24) is 14.8 Å². The SMILES string of the molecule is Clc1ccc2nc(Cl)c3nn(-c4ccccc4)cc3c2c1. The van der Waals surface area contributed by atoms with Gasteiger partial charge in [0.25, 0.3) is 0 Å². The molecule has 0 fully saturated rings. The molecule has 2 aromatic carbocycles. The van der Waals surface area contributed by atoms with Crippen molar-refractivity contribution in [1.29, 1.82) is 0 Å². The van der Waals surface area contributed by atoms with Gasteiger partial charge >= 0.3 is 0 Å². The smallest absolute Gasteiger partial charge is 0.157 e. The number of para-hydroxylation sites is 1. The Labute approximate surface area is 130 Å². The average Bonchev–Trinajstić information content (AvgIpc) is 2.95. The molecule has 21 heavy (non-hydrogen) atoms. The maximum atomic E-state index is 6.26. The Morgan fingerprint density at radius 2 is 1.71 bits per heavy atom. The lowest BCUT2D eigenvalue weighted by molar-refractivity contribution is 0.896. The van der Waals surface area contributed by atoms with E-state index in [1.165, 1.54) is 0 Å². The number of benzene rings is 2. The summed E-state index contributed by atoms with van der Waals surface area (Å²) in [5.74, 6) is 0. The van der Waals surface area contributed by atoms with Crippen LogP contribution in [0.4, 0.5) is 0 Å². The van der Waals surface area contributed by atoms with Crippen LogP contribution in [-0.2, 0) is 0 Å². The number of halogens is 2. The van der Waals surface area contributed by atoms with E-state index in [0.717, 1.165) is 22.0 Å². The van der Waals surface area contributed by atoms with E-state index in [1.807, 2.05) is 48.7 Å². The lowest BCUT2D eigenvalue weighted by atomic mass is 10.1. The van der Waals surface area contributed by atoms with Crippen molar-refractivity contribution in [2.24, 2.45) is 0 Å². The van der Waals surface area contributed by atoms with E-state index >= 15 is 0 Å². The third-order valence-corrected chi connectivity index (χ3v) is 3.90. The van der Waals surface area contributed by atoms with Gasteiger partial charge in [-0.1, -0.05) is 41.4 Å². The summed E-state index contributed by atoms with van der Waals surface area (Å²) in [4.78, 5) is 4.38. The van der Waals surface area contributed by atoms with Crippen LogP contribution in [-0.4, -0.2) is 14.8 Å². The van der Waals surface area contributed by atoms with E-state index in [1.54, 1.807) is 10.7 Å². The maximum absolute atomic E-state index is 6.26. The number of hydrogen-bond acceptors (Lipinski definition) is 2. The summed E-state index contributed by atoms with van der Waals surface area (Å²) in [6.07, 6.45) is 1.96. The first-order valence-electron chi connectivity index (χ1n) is 6.42. The highest BCUT2D eigenvalue weighted by Gasteiger charge is 2.12. The molecule has 0 saturated heterocycles. The molecule has 4 rings (SSSR count). The molecule has 0 aliphatic heterocycles. The van der Waals surface area contributed by atoms with Crippen LogP contribution in [0, 0.1) is 0 Å². The summed E-state index contributed by atoms with van der Waals surface area (Å²) in [6, 6.07) is 15.4. The van der Waals surface area contributed by atoms with Crippen LogP contribution >= 0.6 is 23.2 Å². The third kappa shape index (κ3) is 2.06. The fourth-order valence-electron chi connectivity index (χ4n) is 2.42. The molecule has 0 spiro atoms. The Balaban J connectivity index is 2.08. The Morgan fingerprint density at radius 1 is 0.905 bits per heavy atom. The van der Waals surface area contributed by atoms with Gasteiger partial charge in [0.15, 0.2) is 5.15 Å². The number of hydrogen-bond donors (Lipinski definition) is 0. The normalized spacial score (nSPS) is 11.3. The average molecular weight is 314 g/mol. The molecule has 3 nitrogen and oxygen atoms in total. The summed E-state index contributed by atoms with van der Waals surface area (Å²) in [6.45, 7) is 0. The van der Waals surface area contributed by atoms with Gasteiger partial charge in [-0.3, -0.25) is 0 Å². The molecule has 0 atom stereocenters. The summed E-state index contributed by atoms with van der Waals surface area (Å²) in [5, 5.41) is 7.50. The molecular weight excluding hydrogens is 305 g/mol. The Kier molecular flexibility index (Phi) is 2.84. The molecule has 0 unspecified atom stereocenters. The van der Waals surface area contributed by atoms with E-state index in [9.17, 15) is 0 Å². The standard InChI is InChI=1S/C16H9Cl2N3/c17-10-6-7-14-12(8-10)13-9-21(11-4-2-1-3-5-11)20-15(13)16(18)19-14/h1-9H. The molecule has 0 aliphatic carbocycles. The zero-order valence-corrected chi connectivity index (χ0v) is 12.3.